The molecule has 0 bridgehead atoms. The molecule has 20 heavy (non-hydrogen) atoms. The van der Waals surface area contributed by atoms with Gasteiger partial charge in [0.15, 0.2) is 0 Å². The van der Waals surface area contributed by atoms with Crippen LogP contribution in [0.5, 0.6) is 0 Å². The molecule has 0 atom stereocenters. The molecule has 0 spiro atoms. The Morgan fingerprint density at radius 3 is 1.40 bits per heavy atom. The molecule has 0 heterocycles. The first-order valence-corrected chi connectivity index (χ1v) is 13.2. The van der Waals surface area contributed by atoms with Crippen molar-refractivity contribution in [1.29, 1.82) is 0 Å². The van der Waals surface area contributed by atoms with Crippen LogP contribution in [0.4, 0.5) is 0 Å². The monoisotopic (exact) mass is 296 g/mol. The van der Waals surface area contributed by atoms with Gasteiger partial charge in [-0.2, -0.15) is 0 Å². The van der Waals surface area contributed by atoms with Gasteiger partial charge in [-0.05, 0) is 16.7 Å². The highest BCUT2D eigenvalue weighted by molar-refractivity contribution is 6.72. The van der Waals surface area contributed by atoms with E-state index < -0.39 is 17.6 Å². The summed E-state index contributed by atoms with van der Waals surface area (Å²) in [4.78, 5) is 0. The van der Waals surface area contributed by atoms with Crippen molar-refractivity contribution in [2.45, 2.75) is 26.2 Å². The van der Waals surface area contributed by atoms with Crippen LogP contribution in [-0.4, -0.2) is 17.6 Å². The first-order valence-electron chi connectivity index (χ1n) is 7.40. The molecule has 2 aromatic rings. The van der Waals surface area contributed by atoms with Crippen LogP contribution in [-0.2, 0) is 0 Å². The van der Waals surface area contributed by atoms with E-state index in [1.807, 2.05) is 0 Å². The van der Waals surface area contributed by atoms with Crippen LogP contribution >= 0.6 is 0 Å². The molecule has 0 aliphatic rings. The quantitative estimate of drug-likeness (QED) is 0.761. The number of rotatable bonds is 4. The zero-order valence-corrected chi connectivity index (χ0v) is 15.3. The summed E-state index contributed by atoms with van der Waals surface area (Å²) in [5.74, 6) is 0. The lowest BCUT2D eigenvalue weighted by atomic mass is 9.99. The molecule has 0 nitrogen and oxygen atoms in total. The number of hydrogen-bond acceptors (Lipinski definition) is 0. The first-order chi connectivity index (χ1) is 9.52. The van der Waals surface area contributed by atoms with Gasteiger partial charge in [-0.1, -0.05) is 91.7 Å². The maximum absolute atomic E-state index is 4.43. The molecule has 0 aliphatic carbocycles. The van der Waals surface area contributed by atoms with Crippen LogP contribution in [0.2, 0.25) is 26.2 Å². The maximum Gasteiger partial charge on any atom is 0.0655 e. The summed E-state index contributed by atoms with van der Waals surface area (Å²) in [5, 5.41) is 3.05. The highest BCUT2D eigenvalue weighted by atomic mass is 28.3. The molecule has 0 radical (unpaired) electrons. The van der Waals surface area contributed by atoms with E-state index in [-0.39, 0.29) is 0 Å². The van der Waals surface area contributed by atoms with Gasteiger partial charge in [-0.25, -0.2) is 0 Å². The standard InChI is InChI=1S/C18H24Si2/c1-14(15-10-6-8-12-17(15)19(2)3)16-11-7-9-13-18(16)20(4)5/h6-13,19-20H,1H2,2-5H3. The third-order valence-corrected chi connectivity index (χ3v) is 7.31. The summed E-state index contributed by atoms with van der Waals surface area (Å²) >= 11 is 0. The van der Waals surface area contributed by atoms with Crippen molar-refractivity contribution >= 4 is 33.5 Å². The second kappa shape index (κ2) is 6.38. The van der Waals surface area contributed by atoms with E-state index in [1.165, 1.54) is 27.1 Å². The van der Waals surface area contributed by atoms with Crippen molar-refractivity contribution in [3.63, 3.8) is 0 Å². The molecule has 0 unspecified atom stereocenters. The molecule has 0 amide bonds. The number of benzene rings is 2. The van der Waals surface area contributed by atoms with Gasteiger partial charge >= 0.3 is 0 Å². The Hall–Kier alpha value is -1.39. The van der Waals surface area contributed by atoms with E-state index in [1.54, 1.807) is 0 Å². The molecule has 0 saturated heterocycles. The summed E-state index contributed by atoms with van der Waals surface area (Å²) in [6.45, 7) is 14.0. The highest BCUT2D eigenvalue weighted by Gasteiger charge is 2.14. The largest absolute Gasteiger partial charge is 0.0906 e. The minimum absolute atomic E-state index is 0.838. The van der Waals surface area contributed by atoms with E-state index in [0.29, 0.717) is 0 Å². The molecular weight excluding hydrogens is 272 g/mol. The van der Waals surface area contributed by atoms with Crippen molar-refractivity contribution in [3.05, 3.63) is 66.2 Å². The van der Waals surface area contributed by atoms with Crippen molar-refractivity contribution < 1.29 is 0 Å². The summed E-state index contributed by atoms with van der Waals surface area (Å²) in [7, 11) is -1.68. The van der Waals surface area contributed by atoms with Crippen molar-refractivity contribution in [1.82, 2.24) is 0 Å². The van der Waals surface area contributed by atoms with Crippen LogP contribution < -0.4 is 10.4 Å². The van der Waals surface area contributed by atoms with E-state index in [2.05, 4.69) is 81.3 Å². The summed E-state index contributed by atoms with van der Waals surface area (Å²) in [5.41, 5.74) is 3.92. The van der Waals surface area contributed by atoms with E-state index >= 15 is 0 Å². The summed E-state index contributed by atoms with van der Waals surface area (Å²) in [6, 6.07) is 17.6. The van der Waals surface area contributed by atoms with Gasteiger partial charge in [0.25, 0.3) is 0 Å². The lowest BCUT2D eigenvalue weighted by molar-refractivity contribution is 1.59. The first kappa shape index (κ1) is 15.0. The Morgan fingerprint density at radius 2 is 1.05 bits per heavy atom. The Bertz CT molecular complexity index is 559. The van der Waals surface area contributed by atoms with Crippen LogP contribution in [0, 0.1) is 0 Å². The fourth-order valence-electron chi connectivity index (χ4n) is 2.70. The minimum atomic E-state index is -0.838. The molecule has 104 valence electrons. The van der Waals surface area contributed by atoms with Gasteiger partial charge in [0.1, 0.15) is 0 Å². The second-order valence-electron chi connectivity index (χ2n) is 5.96. The predicted molar refractivity (Wildman–Crippen MR) is 98.0 cm³/mol. The average molecular weight is 297 g/mol. The van der Waals surface area contributed by atoms with Gasteiger partial charge in [0.05, 0.1) is 17.6 Å². The van der Waals surface area contributed by atoms with E-state index in [4.69, 9.17) is 0 Å². The summed E-state index contributed by atoms with van der Waals surface area (Å²) in [6.07, 6.45) is 0. The normalized spacial score (nSPS) is 11.1. The highest BCUT2D eigenvalue weighted by Crippen LogP contribution is 2.19. The molecule has 0 fully saturated rings. The topological polar surface area (TPSA) is 0 Å². The van der Waals surface area contributed by atoms with Crippen LogP contribution in [0.3, 0.4) is 0 Å². The Labute approximate surface area is 126 Å². The fourth-order valence-corrected chi connectivity index (χ4v) is 5.47. The molecule has 2 aromatic carbocycles. The van der Waals surface area contributed by atoms with Crippen molar-refractivity contribution in [2.75, 3.05) is 0 Å². The van der Waals surface area contributed by atoms with Crippen molar-refractivity contribution in [2.24, 2.45) is 0 Å². The molecular formula is C18H24Si2. The van der Waals surface area contributed by atoms with Gasteiger partial charge in [0, 0.05) is 0 Å². The minimum Gasteiger partial charge on any atom is -0.0906 e. The smallest absolute Gasteiger partial charge is 0.0655 e. The molecule has 0 aliphatic heterocycles. The third kappa shape index (κ3) is 3.02. The zero-order valence-electron chi connectivity index (χ0n) is 13.0. The molecule has 2 rings (SSSR count). The molecule has 0 N–H and O–H groups in total. The van der Waals surface area contributed by atoms with Crippen molar-refractivity contribution in [3.8, 4) is 0 Å². The molecule has 0 saturated carbocycles. The van der Waals surface area contributed by atoms with Gasteiger partial charge < -0.3 is 0 Å². The SMILES string of the molecule is C=C(c1ccccc1[SiH](C)C)c1ccccc1[SiH](C)C. The van der Waals surface area contributed by atoms with E-state index in [9.17, 15) is 0 Å². The van der Waals surface area contributed by atoms with Gasteiger partial charge in [-0.15, -0.1) is 0 Å². The summed E-state index contributed by atoms with van der Waals surface area (Å²) < 4.78 is 0. The van der Waals surface area contributed by atoms with Crippen LogP contribution in [0.15, 0.2) is 55.1 Å². The number of hydrogen-bond donors (Lipinski definition) is 0. The lowest BCUT2D eigenvalue weighted by Crippen LogP contribution is -2.29. The Balaban J connectivity index is 2.53. The Morgan fingerprint density at radius 1 is 0.700 bits per heavy atom. The predicted octanol–water partition coefficient (Wildman–Crippen LogP) is 3.14. The second-order valence-corrected chi connectivity index (χ2v) is 11.8. The Kier molecular flexibility index (Phi) is 4.79. The molecule has 0 aromatic heterocycles. The molecule has 2 heteroatoms. The van der Waals surface area contributed by atoms with Crippen LogP contribution in [0.25, 0.3) is 5.57 Å². The van der Waals surface area contributed by atoms with Gasteiger partial charge in [-0.3, -0.25) is 0 Å². The van der Waals surface area contributed by atoms with Gasteiger partial charge in [0.2, 0.25) is 0 Å². The lowest BCUT2D eigenvalue weighted by Gasteiger charge is -2.18. The maximum atomic E-state index is 4.43. The third-order valence-electron chi connectivity index (χ3n) is 3.82. The fraction of sp³-hybridized carbons (Fsp3) is 0.222. The average Bonchev–Trinajstić information content (AvgIpc) is 2.46. The van der Waals surface area contributed by atoms with E-state index in [0.717, 1.165) is 0 Å². The zero-order chi connectivity index (χ0) is 14.7. The van der Waals surface area contributed by atoms with Crippen LogP contribution in [0.1, 0.15) is 11.1 Å².